The normalized spacial score (nSPS) is 19.6. The Morgan fingerprint density at radius 3 is 1.38 bits per heavy atom. The van der Waals surface area contributed by atoms with Crippen LogP contribution in [0.5, 0.6) is 0 Å². The zero-order chi connectivity index (χ0) is 48.4. The van der Waals surface area contributed by atoms with Gasteiger partial charge in [0.25, 0.3) is 10.1 Å². The number of esters is 2. The second kappa shape index (κ2) is 42.9. The highest BCUT2D eigenvalue weighted by Gasteiger charge is 2.46. The number of hydrogen-bond acceptors (Lipinski definition) is 11. The van der Waals surface area contributed by atoms with Crippen molar-refractivity contribution in [2.45, 2.75) is 269 Å². The SMILES string of the molecule is CCCCC/C=C/C/C=C/CCCCCCCCCCCC(=O)OC[C@H](CO[C@H]1O[C@H](CS(=O)(=O)O)[C@@H](O)C(O)C1O)OC(=O)CCCCCCCCCCC/C=C/CCCCCCCC. The van der Waals surface area contributed by atoms with Crippen LogP contribution in [0.15, 0.2) is 36.5 Å². The van der Waals surface area contributed by atoms with Crippen LogP contribution in [-0.2, 0) is 38.7 Å². The lowest BCUT2D eigenvalue weighted by molar-refractivity contribution is -0.297. The number of rotatable bonds is 45. The Hall–Kier alpha value is -2.13. The highest BCUT2D eigenvalue weighted by Crippen LogP contribution is 2.24. The molecule has 66 heavy (non-hydrogen) atoms. The van der Waals surface area contributed by atoms with Gasteiger partial charge in [-0.25, -0.2) is 0 Å². The molecule has 1 rings (SSSR count). The van der Waals surface area contributed by atoms with Gasteiger partial charge >= 0.3 is 11.9 Å². The summed E-state index contributed by atoms with van der Waals surface area (Å²) in [4.78, 5) is 25.6. The molecule has 4 N–H and O–H groups in total. The standard InChI is InChI=1S/C53H96O12S/c1-3-5-7-9-11-13-15-17-19-21-23-25-27-29-31-33-35-37-39-41-48(54)62-43-46(44-63-53-52(58)51(57)50(56)47(65-53)45-66(59,60)61)64-49(55)42-40-38-36-34-32-30-28-26-24-22-20-18-16-14-12-10-8-6-4-2/h11,13,17-20,46-47,50-53,56-58H,3-10,12,14-16,21-45H2,1-2H3,(H,59,60,61)/b13-11+,19-17+,20-18+/t46-,47-,50-,51?,52?,53+/m1/s1. The number of carbonyl (C=O) groups excluding carboxylic acids is 2. The van der Waals surface area contributed by atoms with Gasteiger partial charge in [-0.05, 0) is 70.6 Å². The predicted molar refractivity (Wildman–Crippen MR) is 266 cm³/mol. The van der Waals surface area contributed by atoms with Gasteiger partial charge in [-0.3, -0.25) is 14.1 Å². The Labute approximate surface area is 401 Å². The molecule has 0 spiro atoms. The van der Waals surface area contributed by atoms with Crippen LogP contribution < -0.4 is 0 Å². The average molecular weight is 957 g/mol. The van der Waals surface area contributed by atoms with Crippen LogP contribution in [0.3, 0.4) is 0 Å². The van der Waals surface area contributed by atoms with Crippen LogP contribution in [0, 0.1) is 0 Å². The first kappa shape index (κ1) is 61.9. The maximum atomic E-state index is 12.9. The topological polar surface area (TPSA) is 186 Å². The Kier molecular flexibility index (Phi) is 40.3. The van der Waals surface area contributed by atoms with Crippen molar-refractivity contribution in [1.82, 2.24) is 0 Å². The summed E-state index contributed by atoms with van der Waals surface area (Å²) < 4.78 is 54.3. The molecule has 0 saturated carbocycles. The highest BCUT2D eigenvalue weighted by atomic mass is 32.2. The van der Waals surface area contributed by atoms with Crippen LogP contribution in [-0.4, -0.2) is 96.0 Å². The summed E-state index contributed by atoms with van der Waals surface area (Å²) in [7, 11) is -4.61. The second-order valence-electron chi connectivity index (χ2n) is 18.5. The molecule has 1 aliphatic heterocycles. The van der Waals surface area contributed by atoms with Crippen LogP contribution in [0.25, 0.3) is 0 Å². The van der Waals surface area contributed by atoms with E-state index in [0.717, 1.165) is 51.4 Å². The third-order valence-electron chi connectivity index (χ3n) is 12.2. The third kappa shape index (κ3) is 36.9. The van der Waals surface area contributed by atoms with Gasteiger partial charge in [-0.15, -0.1) is 0 Å². The molecule has 0 aromatic rings. The lowest BCUT2D eigenvalue weighted by Gasteiger charge is -2.40. The maximum Gasteiger partial charge on any atom is 0.306 e. The number of hydrogen-bond donors (Lipinski definition) is 4. The van der Waals surface area contributed by atoms with Crippen molar-refractivity contribution < 1.29 is 56.8 Å². The molecule has 6 atom stereocenters. The van der Waals surface area contributed by atoms with Gasteiger partial charge in [-0.1, -0.05) is 185 Å². The van der Waals surface area contributed by atoms with Crippen LogP contribution >= 0.6 is 0 Å². The highest BCUT2D eigenvalue weighted by molar-refractivity contribution is 7.85. The third-order valence-corrected chi connectivity index (χ3v) is 12.9. The molecule has 0 radical (unpaired) electrons. The first-order valence-corrected chi connectivity index (χ1v) is 28.2. The monoisotopic (exact) mass is 957 g/mol. The van der Waals surface area contributed by atoms with Gasteiger partial charge in [0.15, 0.2) is 12.4 Å². The van der Waals surface area contributed by atoms with Crippen molar-refractivity contribution in [2.24, 2.45) is 0 Å². The molecule has 12 nitrogen and oxygen atoms in total. The molecule has 0 amide bonds. The predicted octanol–water partition coefficient (Wildman–Crippen LogP) is 12.1. The number of carbonyl (C=O) groups is 2. The summed E-state index contributed by atoms with van der Waals surface area (Å²) >= 11 is 0. The Balaban J connectivity index is 2.36. The minimum Gasteiger partial charge on any atom is -0.462 e. The molecule has 2 unspecified atom stereocenters. The number of allylic oxidation sites excluding steroid dienone is 6. The lowest BCUT2D eigenvalue weighted by Crippen LogP contribution is -2.60. The quantitative estimate of drug-likeness (QED) is 0.0196. The van der Waals surface area contributed by atoms with Gasteiger partial charge in [0.1, 0.15) is 36.8 Å². The molecule has 1 heterocycles. The van der Waals surface area contributed by atoms with E-state index in [1.807, 2.05) is 0 Å². The summed E-state index contributed by atoms with van der Waals surface area (Å²) in [5.74, 6) is -1.98. The number of unbranched alkanes of at least 4 members (excludes halogenated alkanes) is 27. The van der Waals surface area contributed by atoms with E-state index in [9.17, 15) is 37.9 Å². The molecule has 386 valence electrons. The zero-order valence-corrected chi connectivity index (χ0v) is 42.4. The van der Waals surface area contributed by atoms with Crippen molar-refractivity contribution in [3.63, 3.8) is 0 Å². The smallest absolute Gasteiger partial charge is 0.306 e. The zero-order valence-electron chi connectivity index (χ0n) is 41.6. The summed E-state index contributed by atoms with van der Waals surface area (Å²) in [6.07, 6.45) is 41.7. The lowest BCUT2D eigenvalue weighted by atomic mass is 10.00. The van der Waals surface area contributed by atoms with Crippen molar-refractivity contribution in [3.05, 3.63) is 36.5 Å². The number of ether oxygens (including phenoxy) is 4. The van der Waals surface area contributed by atoms with Crippen molar-refractivity contribution >= 4 is 22.1 Å². The second-order valence-corrected chi connectivity index (χ2v) is 20.0. The molecule has 0 aromatic carbocycles. The van der Waals surface area contributed by atoms with Gasteiger partial charge in [0, 0.05) is 12.8 Å². The minimum atomic E-state index is -4.61. The molecule has 1 saturated heterocycles. The molecule has 0 aromatic heterocycles. The van der Waals surface area contributed by atoms with E-state index in [1.54, 1.807) is 0 Å². The Bertz CT molecular complexity index is 1350. The molecule has 13 heteroatoms. The molecular weight excluding hydrogens is 861 g/mol. The fourth-order valence-corrected chi connectivity index (χ4v) is 8.75. The van der Waals surface area contributed by atoms with E-state index in [-0.39, 0.29) is 19.4 Å². The van der Waals surface area contributed by atoms with E-state index in [0.29, 0.717) is 12.8 Å². The van der Waals surface area contributed by atoms with E-state index < -0.39 is 71.2 Å². The Morgan fingerprint density at radius 1 is 0.515 bits per heavy atom. The first-order chi connectivity index (χ1) is 32.0. The summed E-state index contributed by atoms with van der Waals surface area (Å²) in [5.41, 5.74) is 0. The van der Waals surface area contributed by atoms with Crippen molar-refractivity contribution in [2.75, 3.05) is 19.0 Å². The largest absolute Gasteiger partial charge is 0.462 e. The number of aliphatic hydroxyl groups excluding tert-OH is 3. The average Bonchev–Trinajstić information content (AvgIpc) is 3.28. The molecule has 0 bridgehead atoms. The van der Waals surface area contributed by atoms with Crippen LogP contribution in [0.4, 0.5) is 0 Å². The minimum absolute atomic E-state index is 0.162. The summed E-state index contributed by atoms with van der Waals surface area (Å²) in [6.45, 7) is 3.76. The van der Waals surface area contributed by atoms with Gasteiger partial charge < -0.3 is 34.3 Å². The summed E-state index contributed by atoms with van der Waals surface area (Å²) in [5, 5.41) is 31.0. The summed E-state index contributed by atoms with van der Waals surface area (Å²) in [6, 6.07) is 0. The molecule has 0 aliphatic carbocycles. The molecule has 1 fully saturated rings. The van der Waals surface area contributed by atoms with Crippen LogP contribution in [0.2, 0.25) is 0 Å². The number of aliphatic hydroxyl groups is 3. The van der Waals surface area contributed by atoms with Gasteiger partial charge in [0.2, 0.25) is 0 Å². The fourth-order valence-electron chi connectivity index (χ4n) is 8.06. The van der Waals surface area contributed by atoms with E-state index in [1.165, 1.54) is 141 Å². The molecular formula is C53H96O12S. The van der Waals surface area contributed by atoms with E-state index in [2.05, 4.69) is 50.3 Å². The maximum absolute atomic E-state index is 12.9. The first-order valence-electron chi connectivity index (χ1n) is 26.5. The van der Waals surface area contributed by atoms with E-state index in [4.69, 9.17) is 18.9 Å². The van der Waals surface area contributed by atoms with E-state index >= 15 is 0 Å². The van der Waals surface area contributed by atoms with Gasteiger partial charge in [0.05, 0.1) is 6.61 Å². The fraction of sp³-hybridized carbons (Fsp3) is 0.849. The molecule has 1 aliphatic rings. The van der Waals surface area contributed by atoms with Gasteiger partial charge in [-0.2, -0.15) is 8.42 Å². The van der Waals surface area contributed by atoms with Crippen LogP contribution in [0.1, 0.15) is 232 Å². The Morgan fingerprint density at radius 2 is 0.909 bits per heavy atom. The van der Waals surface area contributed by atoms with Crippen molar-refractivity contribution in [3.8, 4) is 0 Å². The van der Waals surface area contributed by atoms with Crippen molar-refractivity contribution in [1.29, 1.82) is 0 Å².